The third-order valence-electron chi connectivity index (χ3n) is 3.03. The Balaban J connectivity index is 2.25. The molecular weight excluding hydrogens is 291 g/mol. The second kappa shape index (κ2) is 5.97. The van der Waals surface area contributed by atoms with Crippen LogP contribution in [0.3, 0.4) is 0 Å². The lowest BCUT2D eigenvalue weighted by atomic mass is 10.1. The van der Waals surface area contributed by atoms with Crippen molar-refractivity contribution in [2.24, 2.45) is 5.73 Å². The van der Waals surface area contributed by atoms with Crippen LogP contribution < -0.4 is 10.5 Å². The molecule has 20 heavy (non-hydrogen) atoms. The van der Waals surface area contributed by atoms with Gasteiger partial charge in [-0.25, -0.2) is 0 Å². The maximum absolute atomic E-state index is 12.7. The van der Waals surface area contributed by atoms with E-state index in [4.69, 9.17) is 27.4 Å². The highest BCUT2D eigenvalue weighted by Gasteiger charge is 2.31. The largest absolute Gasteiger partial charge is 0.490 e. The quantitative estimate of drug-likeness (QED) is 0.872. The van der Waals surface area contributed by atoms with E-state index >= 15 is 0 Å². The fourth-order valence-corrected chi connectivity index (χ4v) is 2.13. The lowest BCUT2D eigenvalue weighted by Crippen LogP contribution is -2.27. The van der Waals surface area contributed by atoms with Crippen LogP contribution in [0.5, 0.6) is 5.75 Å². The Morgan fingerprint density at radius 1 is 1.30 bits per heavy atom. The average Bonchev–Trinajstić information content (AvgIpc) is 2.38. The minimum absolute atomic E-state index is 0.0893. The lowest BCUT2D eigenvalue weighted by Gasteiger charge is -2.24. The van der Waals surface area contributed by atoms with Crippen LogP contribution in [-0.2, 0) is 10.9 Å². The molecule has 0 saturated carbocycles. The SMILES string of the molecule is NC(=S)c1cc(C(F)(F)F)ccc1OC1CCOCC1. The highest BCUT2D eigenvalue weighted by molar-refractivity contribution is 7.80. The molecule has 1 saturated heterocycles. The van der Waals surface area contributed by atoms with Crippen LogP contribution >= 0.6 is 12.2 Å². The first-order chi connectivity index (χ1) is 9.38. The topological polar surface area (TPSA) is 44.5 Å². The van der Waals surface area contributed by atoms with E-state index in [2.05, 4.69) is 0 Å². The summed E-state index contributed by atoms with van der Waals surface area (Å²) in [5.41, 5.74) is 4.81. The zero-order valence-corrected chi connectivity index (χ0v) is 11.4. The summed E-state index contributed by atoms with van der Waals surface area (Å²) in [5.74, 6) is 0.289. The Labute approximate surface area is 119 Å². The van der Waals surface area contributed by atoms with Gasteiger partial charge in [0.25, 0.3) is 0 Å². The minimum Gasteiger partial charge on any atom is -0.490 e. The van der Waals surface area contributed by atoms with E-state index in [9.17, 15) is 13.2 Å². The average molecular weight is 305 g/mol. The Morgan fingerprint density at radius 2 is 1.95 bits per heavy atom. The Morgan fingerprint density at radius 3 is 2.50 bits per heavy atom. The molecule has 0 aliphatic carbocycles. The number of halogens is 3. The van der Waals surface area contributed by atoms with E-state index in [1.165, 1.54) is 6.07 Å². The normalized spacial score (nSPS) is 16.9. The Hall–Kier alpha value is -1.34. The summed E-state index contributed by atoms with van der Waals surface area (Å²) in [4.78, 5) is -0.113. The molecule has 1 aromatic carbocycles. The molecule has 1 heterocycles. The van der Waals surface area contributed by atoms with Crippen molar-refractivity contribution >= 4 is 17.2 Å². The van der Waals surface area contributed by atoms with Crippen molar-refractivity contribution in [2.45, 2.75) is 25.1 Å². The van der Waals surface area contributed by atoms with Gasteiger partial charge < -0.3 is 15.2 Å². The van der Waals surface area contributed by atoms with Crippen molar-refractivity contribution in [3.8, 4) is 5.75 Å². The van der Waals surface area contributed by atoms with E-state index in [0.29, 0.717) is 26.1 Å². The van der Waals surface area contributed by atoms with Gasteiger partial charge in [0.1, 0.15) is 16.8 Å². The first-order valence-electron chi connectivity index (χ1n) is 6.13. The zero-order valence-electron chi connectivity index (χ0n) is 10.6. The van der Waals surface area contributed by atoms with Crippen molar-refractivity contribution in [1.82, 2.24) is 0 Å². The van der Waals surface area contributed by atoms with Crippen molar-refractivity contribution in [1.29, 1.82) is 0 Å². The molecule has 3 nitrogen and oxygen atoms in total. The Kier molecular flexibility index (Phi) is 4.49. The van der Waals surface area contributed by atoms with Gasteiger partial charge in [-0.1, -0.05) is 12.2 Å². The molecule has 2 rings (SSSR count). The van der Waals surface area contributed by atoms with Crippen molar-refractivity contribution in [3.05, 3.63) is 29.3 Å². The van der Waals surface area contributed by atoms with Crippen LogP contribution in [-0.4, -0.2) is 24.3 Å². The molecule has 1 fully saturated rings. The van der Waals surface area contributed by atoms with Gasteiger partial charge in [-0.15, -0.1) is 0 Å². The van der Waals surface area contributed by atoms with Gasteiger partial charge in [0.05, 0.1) is 24.3 Å². The highest BCUT2D eigenvalue weighted by atomic mass is 32.1. The molecule has 0 aromatic heterocycles. The van der Waals surface area contributed by atoms with E-state index < -0.39 is 11.7 Å². The van der Waals surface area contributed by atoms with Gasteiger partial charge in [0, 0.05) is 12.8 Å². The number of ether oxygens (including phenoxy) is 2. The number of thiocarbonyl (C=S) groups is 1. The third-order valence-corrected chi connectivity index (χ3v) is 3.25. The summed E-state index contributed by atoms with van der Waals surface area (Å²) >= 11 is 4.81. The number of hydrogen-bond donors (Lipinski definition) is 1. The first kappa shape index (κ1) is 15.1. The highest BCUT2D eigenvalue weighted by Crippen LogP contribution is 2.33. The third kappa shape index (κ3) is 3.61. The molecule has 1 aliphatic heterocycles. The lowest BCUT2D eigenvalue weighted by molar-refractivity contribution is -0.137. The second-order valence-electron chi connectivity index (χ2n) is 4.50. The summed E-state index contributed by atoms with van der Waals surface area (Å²) in [6.45, 7) is 1.15. The number of rotatable bonds is 3. The van der Waals surface area contributed by atoms with Crippen molar-refractivity contribution < 1.29 is 22.6 Å². The molecule has 0 atom stereocenters. The summed E-state index contributed by atoms with van der Waals surface area (Å²) in [6.07, 6.45) is -3.14. The van der Waals surface area contributed by atoms with Gasteiger partial charge >= 0.3 is 6.18 Å². The van der Waals surface area contributed by atoms with Crippen LogP contribution in [0.15, 0.2) is 18.2 Å². The predicted octanol–water partition coefficient (Wildman–Crippen LogP) is 2.90. The number of alkyl halides is 3. The van der Waals surface area contributed by atoms with Crippen LogP contribution in [0, 0.1) is 0 Å². The number of hydrogen-bond acceptors (Lipinski definition) is 3. The predicted molar refractivity (Wildman–Crippen MR) is 71.8 cm³/mol. The molecule has 0 bridgehead atoms. The first-order valence-corrected chi connectivity index (χ1v) is 6.54. The van der Waals surface area contributed by atoms with E-state index in [0.717, 1.165) is 12.1 Å². The van der Waals surface area contributed by atoms with Crippen molar-refractivity contribution in [2.75, 3.05) is 13.2 Å². The van der Waals surface area contributed by atoms with Crippen molar-refractivity contribution in [3.63, 3.8) is 0 Å². The van der Waals surface area contributed by atoms with Gasteiger partial charge in [0.2, 0.25) is 0 Å². The van der Waals surface area contributed by atoms with Crippen LogP contribution in [0.25, 0.3) is 0 Å². The number of benzene rings is 1. The van der Waals surface area contributed by atoms with Crippen LogP contribution in [0.1, 0.15) is 24.0 Å². The maximum atomic E-state index is 12.7. The van der Waals surface area contributed by atoms with Gasteiger partial charge in [-0.2, -0.15) is 13.2 Å². The monoisotopic (exact) mass is 305 g/mol. The maximum Gasteiger partial charge on any atom is 0.416 e. The molecule has 0 spiro atoms. The second-order valence-corrected chi connectivity index (χ2v) is 4.94. The molecule has 0 radical (unpaired) electrons. The molecule has 1 aliphatic rings. The zero-order chi connectivity index (χ0) is 14.8. The fraction of sp³-hybridized carbons (Fsp3) is 0.462. The minimum atomic E-state index is -4.43. The smallest absolute Gasteiger partial charge is 0.416 e. The fourth-order valence-electron chi connectivity index (χ4n) is 1.98. The van der Waals surface area contributed by atoms with E-state index in [1.807, 2.05) is 0 Å². The summed E-state index contributed by atoms with van der Waals surface area (Å²) in [5, 5.41) is 0. The molecule has 0 amide bonds. The molecule has 1 aromatic rings. The van der Waals surface area contributed by atoms with Gasteiger partial charge in [-0.05, 0) is 18.2 Å². The van der Waals surface area contributed by atoms with E-state index in [-0.39, 0.29) is 22.4 Å². The molecule has 7 heteroatoms. The van der Waals surface area contributed by atoms with Gasteiger partial charge in [0.15, 0.2) is 0 Å². The van der Waals surface area contributed by atoms with E-state index in [1.54, 1.807) is 0 Å². The Bertz CT molecular complexity index is 499. The summed E-state index contributed by atoms with van der Waals surface area (Å²) in [6, 6.07) is 3.17. The summed E-state index contributed by atoms with van der Waals surface area (Å²) in [7, 11) is 0. The molecule has 2 N–H and O–H groups in total. The van der Waals surface area contributed by atoms with Crippen LogP contribution in [0.2, 0.25) is 0 Å². The standard InChI is InChI=1S/C13H14F3NO2S/c14-13(15,16)8-1-2-11(10(7-8)12(17)20)19-9-3-5-18-6-4-9/h1-2,7,9H,3-6H2,(H2,17,20). The molecule has 110 valence electrons. The number of nitrogens with two attached hydrogens (primary N) is 1. The molecule has 0 unspecified atom stereocenters. The molecular formula is C13H14F3NO2S. The van der Waals surface area contributed by atoms with Crippen LogP contribution in [0.4, 0.5) is 13.2 Å². The van der Waals surface area contributed by atoms with Gasteiger partial charge in [-0.3, -0.25) is 0 Å². The summed E-state index contributed by atoms with van der Waals surface area (Å²) < 4.78 is 48.9.